The number of pyridine rings is 1. The van der Waals surface area contributed by atoms with Crippen molar-refractivity contribution in [3.05, 3.63) is 71.1 Å². The minimum Gasteiger partial charge on any atom is -0.495 e. The first kappa shape index (κ1) is 29.5. The molecule has 1 aliphatic heterocycles. The van der Waals surface area contributed by atoms with Crippen LogP contribution in [0.15, 0.2) is 55.5 Å². The summed E-state index contributed by atoms with van der Waals surface area (Å²) < 4.78 is 24.4. The summed E-state index contributed by atoms with van der Waals surface area (Å²) in [6.45, 7) is 6.67. The first-order valence-electron chi connectivity index (χ1n) is 13.6. The molecule has 6 rings (SSSR count). The second-order valence-electron chi connectivity index (χ2n) is 10.0. The molecular formula is C31H28Cl2N6O5. The fraction of sp³-hybridized carbons (Fsp3) is 0.226. The van der Waals surface area contributed by atoms with E-state index in [1.807, 2.05) is 23.5 Å². The van der Waals surface area contributed by atoms with Crippen molar-refractivity contribution in [2.45, 2.75) is 19.4 Å². The summed E-state index contributed by atoms with van der Waals surface area (Å²) in [5.74, 6) is 1.39. The number of nitrogens with one attached hydrogen (secondary N) is 2. The number of imidazole rings is 1. The number of amides is 1. The molecule has 2 aromatic carbocycles. The Morgan fingerprint density at radius 2 is 1.84 bits per heavy atom. The molecule has 13 heteroatoms. The molecule has 0 radical (unpaired) electrons. The zero-order valence-corrected chi connectivity index (χ0v) is 25.6. The van der Waals surface area contributed by atoms with Crippen LogP contribution in [0.4, 0.5) is 17.3 Å². The van der Waals surface area contributed by atoms with Crippen LogP contribution in [0, 0.1) is 6.92 Å². The predicted molar refractivity (Wildman–Crippen MR) is 170 cm³/mol. The smallest absolute Gasteiger partial charge is 0.247 e. The van der Waals surface area contributed by atoms with Crippen molar-refractivity contribution in [2.24, 2.45) is 0 Å². The molecule has 226 valence electrons. The van der Waals surface area contributed by atoms with Gasteiger partial charge in [-0.3, -0.25) is 9.20 Å². The molecule has 0 aliphatic carbocycles. The third-order valence-electron chi connectivity index (χ3n) is 7.23. The average molecular weight is 636 g/mol. The van der Waals surface area contributed by atoms with Crippen LogP contribution in [-0.2, 0) is 9.53 Å². The van der Waals surface area contributed by atoms with Crippen molar-refractivity contribution < 1.29 is 23.7 Å². The van der Waals surface area contributed by atoms with Crippen molar-refractivity contribution in [3.8, 4) is 28.4 Å². The van der Waals surface area contributed by atoms with Gasteiger partial charge in [-0.05, 0) is 30.7 Å². The first-order valence-corrected chi connectivity index (χ1v) is 14.4. The van der Waals surface area contributed by atoms with Gasteiger partial charge in [-0.2, -0.15) is 4.98 Å². The molecule has 1 fully saturated rings. The Hall–Kier alpha value is -4.58. The number of aromatic nitrogens is 4. The minimum atomic E-state index is -0.370. The lowest BCUT2D eigenvalue weighted by Gasteiger charge is -2.19. The number of carbonyl (C=O) groups is 1. The molecule has 1 saturated heterocycles. The van der Waals surface area contributed by atoms with E-state index >= 15 is 0 Å². The van der Waals surface area contributed by atoms with E-state index in [-0.39, 0.29) is 12.0 Å². The van der Waals surface area contributed by atoms with Crippen LogP contribution in [0.3, 0.4) is 0 Å². The number of halogens is 2. The van der Waals surface area contributed by atoms with E-state index in [9.17, 15) is 4.79 Å². The molecule has 2 N–H and O–H groups in total. The number of ether oxygens (including phenoxy) is 4. The number of nitrogens with zero attached hydrogens (tertiary/aromatic N) is 4. The van der Waals surface area contributed by atoms with Gasteiger partial charge >= 0.3 is 0 Å². The van der Waals surface area contributed by atoms with Gasteiger partial charge in [0.25, 0.3) is 0 Å². The summed E-state index contributed by atoms with van der Waals surface area (Å²) in [4.78, 5) is 26.2. The molecule has 1 amide bonds. The van der Waals surface area contributed by atoms with Gasteiger partial charge in [0.15, 0.2) is 5.65 Å². The highest BCUT2D eigenvalue weighted by Gasteiger charge is 2.23. The van der Waals surface area contributed by atoms with Gasteiger partial charge in [-0.15, -0.1) is 0 Å². The molecular weight excluding hydrogens is 607 g/mol. The van der Waals surface area contributed by atoms with Gasteiger partial charge in [0.2, 0.25) is 11.9 Å². The van der Waals surface area contributed by atoms with Crippen molar-refractivity contribution in [1.82, 2.24) is 19.4 Å². The SMILES string of the molecule is C=CC(=O)Nc1cc(OC2CCOC2)c(C)cc1Nc1ncc2cc(-c3c(Cl)c(OC)cc(OC)c3Cl)c3nccn3c2n1. The largest absolute Gasteiger partial charge is 0.495 e. The number of rotatable bonds is 9. The highest BCUT2D eigenvalue weighted by Crippen LogP contribution is 2.47. The first-order chi connectivity index (χ1) is 21.3. The standard InChI is InChI=1S/C31H28Cl2N6O5/c1-5-25(40)36-21-12-22(44-18-6-9-43-15-18)16(2)10-20(21)37-31-35-14-17-11-19(30-34-7-8-39(30)29(17)38-31)26-27(32)23(41-3)13-24(42-4)28(26)33/h5,7-8,10-14,18H,1,6,9,15H2,2-4H3,(H,36,40)(H,35,37,38). The lowest BCUT2D eigenvalue weighted by molar-refractivity contribution is -0.111. The molecule has 1 aliphatic rings. The van der Waals surface area contributed by atoms with E-state index in [2.05, 4.69) is 27.2 Å². The van der Waals surface area contributed by atoms with Gasteiger partial charge in [0.05, 0.1) is 48.9 Å². The van der Waals surface area contributed by atoms with E-state index in [4.69, 9.17) is 47.1 Å². The Kier molecular flexibility index (Phi) is 8.17. The summed E-state index contributed by atoms with van der Waals surface area (Å²) in [5.41, 5.74) is 4.22. The fourth-order valence-electron chi connectivity index (χ4n) is 5.05. The number of fused-ring (bicyclic) bond motifs is 3. The van der Waals surface area contributed by atoms with Crippen LogP contribution < -0.4 is 24.8 Å². The number of carbonyl (C=O) groups excluding carboxylic acids is 1. The Morgan fingerprint density at radius 1 is 1.07 bits per heavy atom. The number of hydrogen-bond donors (Lipinski definition) is 2. The van der Waals surface area contributed by atoms with Crippen molar-refractivity contribution in [1.29, 1.82) is 0 Å². The summed E-state index contributed by atoms with van der Waals surface area (Å²) in [7, 11) is 3.04. The third kappa shape index (κ3) is 5.45. The van der Waals surface area contributed by atoms with Crippen LogP contribution in [0.25, 0.3) is 27.8 Å². The fourth-order valence-corrected chi connectivity index (χ4v) is 5.75. The maximum atomic E-state index is 12.3. The molecule has 0 bridgehead atoms. The normalized spacial score (nSPS) is 14.5. The number of methoxy groups -OCH3 is 2. The van der Waals surface area contributed by atoms with Crippen LogP contribution in [-0.4, -0.2) is 58.8 Å². The zero-order valence-electron chi connectivity index (χ0n) is 24.1. The van der Waals surface area contributed by atoms with Crippen LogP contribution in [0.5, 0.6) is 17.2 Å². The Morgan fingerprint density at radius 3 is 2.52 bits per heavy atom. The van der Waals surface area contributed by atoms with Crippen molar-refractivity contribution in [2.75, 3.05) is 38.1 Å². The number of benzene rings is 2. The van der Waals surface area contributed by atoms with Crippen molar-refractivity contribution >= 4 is 63.1 Å². The predicted octanol–water partition coefficient (Wildman–Crippen LogP) is 6.61. The zero-order chi connectivity index (χ0) is 31.0. The van der Waals surface area contributed by atoms with Gasteiger partial charge in [0, 0.05) is 53.7 Å². The summed E-state index contributed by atoms with van der Waals surface area (Å²) in [6.07, 6.45) is 7.07. The van der Waals surface area contributed by atoms with Crippen LogP contribution >= 0.6 is 23.2 Å². The molecule has 0 spiro atoms. The highest BCUT2D eigenvalue weighted by atomic mass is 35.5. The topological polar surface area (TPSA) is 121 Å². The molecule has 1 unspecified atom stereocenters. The Bertz CT molecular complexity index is 1890. The van der Waals surface area contributed by atoms with Gasteiger partial charge < -0.3 is 29.6 Å². The van der Waals surface area contributed by atoms with E-state index in [0.717, 1.165) is 12.0 Å². The maximum absolute atomic E-state index is 12.3. The molecule has 44 heavy (non-hydrogen) atoms. The Labute approximate surface area is 262 Å². The second-order valence-corrected chi connectivity index (χ2v) is 10.8. The maximum Gasteiger partial charge on any atom is 0.247 e. The molecule has 0 saturated carbocycles. The number of hydrogen-bond acceptors (Lipinski definition) is 9. The summed E-state index contributed by atoms with van der Waals surface area (Å²) in [6, 6.07) is 7.14. The van der Waals surface area contributed by atoms with Crippen molar-refractivity contribution in [3.63, 3.8) is 0 Å². The summed E-state index contributed by atoms with van der Waals surface area (Å²) >= 11 is 13.5. The van der Waals surface area contributed by atoms with E-state index in [1.165, 1.54) is 20.3 Å². The van der Waals surface area contributed by atoms with Gasteiger partial charge in [-0.25, -0.2) is 9.97 Å². The number of anilines is 3. The van der Waals surface area contributed by atoms with E-state index in [1.54, 1.807) is 30.7 Å². The average Bonchev–Trinajstić information content (AvgIpc) is 3.73. The molecule has 3 aromatic heterocycles. The van der Waals surface area contributed by atoms with Gasteiger partial charge in [0.1, 0.15) is 29.0 Å². The number of aryl methyl sites for hydroxylation is 1. The van der Waals surface area contributed by atoms with E-state index in [0.29, 0.717) is 85.6 Å². The summed E-state index contributed by atoms with van der Waals surface area (Å²) in [5, 5.41) is 7.43. The highest BCUT2D eigenvalue weighted by molar-refractivity contribution is 6.41. The van der Waals surface area contributed by atoms with E-state index < -0.39 is 0 Å². The quantitative estimate of drug-likeness (QED) is 0.172. The Balaban J connectivity index is 1.42. The van der Waals surface area contributed by atoms with Gasteiger partial charge in [-0.1, -0.05) is 29.8 Å². The second kappa shape index (κ2) is 12.2. The lowest BCUT2D eigenvalue weighted by atomic mass is 10.0. The minimum absolute atomic E-state index is 0.0513. The molecule has 5 aromatic rings. The monoisotopic (exact) mass is 634 g/mol. The molecule has 4 heterocycles. The van der Waals surface area contributed by atoms with Crippen LogP contribution in [0.1, 0.15) is 12.0 Å². The van der Waals surface area contributed by atoms with Crippen LogP contribution in [0.2, 0.25) is 10.0 Å². The molecule has 1 atom stereocenters. The molecule has 11 nitrogen and oxygen atoms in total. The lowest BCUT2D eigenvalue weighted by Crippen LogP contribution is -2.17. The third-order valence-corrected chi connectivity index (χ3v) is 7.99.